The van der Waals surface area contributed by atoms with Crippen LogP contribution in [0.5, 0.6) is 0 Å². The zero-order valence-corrected chi connectivity index (χ0v) is 19.0. The van der Waals surface area contributed by atoms with Crippen LogP contribution in [0.25, 0.3) is 0 Å². The number of aliphatic hydroxyl groups is 1. The van der Waals surface area contributed by atoms with Crippen molar-refractivity contribution in [2.45, 2.75) is 19.8 Å². The summed E-state index contributed by atoms with van der Waals surface area (Å²) in [6.45, 7) is 1.96. The van der Waals surface area contributed by atoms with Crippen LogP contribution in [0.2, 0.25) is 0 Å². The quantitative estimate of drug-likeness (QED) is 0.191. The Morgan fingerprint density at radius 2 is 1.71 bits per heavy atom. The number of hydrogen-bond acceptors (Lipinski definition) is 9. The van der Waals surface area contributed by atoms with Gasteiger partial charge in [-0.2, -0.15) is 23.5 Å². The molecular weight excluding hydrogens is 425 g/mol. The number of esters is 1. The topological polar surface area (TPSA) is 63.6 Å². The summed E-state index contributed by atoms with van der Waals surface area (Å²) in [5, 5.41) is 10.7. The van der Waals surface area contributed by atoms with Gasteiger partial charge in [-0.15, -0.1) is 35.3 Å². The average Bonchev–Trinajstić information content (AvgIpc) is 2.59. The van der Waals surface area contributed by atoms with Crippen molar-refractivity contribution in [3.8, 4) is 0 Å². The molecule has 0 fully saturated rings. The Morgan fingerprint density at radius 1 is 1.00 bits per heavy atom. The second kappa shape index (κ2) is 20.6. The molecule has 144 valence electrons. The van der Waals surface area contributed by atoms with Gasteiger partial charge >= 0.3 is 5.97 Å². The highest BCUT2D eigenvalue weighted by Gasteiger charge is 2.03. The molecule has 0 bridgehead atoms. The molecule has 0 aliphatic carbocycles. The van der Waals surface area contributed by atoms with Crippen molar-refractivity contribution in [2.24, 2.45) is 0 Å². The van der Waals surface area contributed by atoms with E-state index in [1.807, 2.05) is 30.4 Å². The van der Waals surface area contributed by atoms with Gasteiger partial charge in [-0.3, -0.25) is 9.00 Å². The number of thioether (sulfide) groups is 5. The van der Waals surface area contributed by atoms with Crippen LogP contribution in [-0.2, 0) is 20.3 Å². The van der Waals surface area contributed by atoms with Gasteiger partial charge in [0.1, 0.15) is 5.94 Å². The number of carbonyl (C=O) groups excluding carboxylic acids is 1. The lowest BCUT2D eigenvalue weighted by Crippen LogP contribution is -2.05. The van der Waals surface area contributed by atoms with Crippen molar-refractivity contribution in [3.05, 3.63) is 0 Å². The predicted molar refractivity (Wildman–Crippen MR) is 118 cm³/mol. The molecule has 0 aliphatic rings. The minimum Gasteiger partial charge on any atom is -0.455 e. The van der Waals surface area contributed by atoms with Crippen LogP contribution in [0, 0.1) is 0 Å². The second-order valence-electron chi connectivity index (χ2n) is 4.37. The van der Waals surface area contributed by atoms with Gasteiger partial charge in [0.2, 0.25) is 0 Å². The summed E-state index contributed by atoms with van der Waals surface area (Å²) in [6, 6.07) is 0. The lowest BCUT2D eigenvalue weighted by Gasteiger charge is -2.05. The van der Waals surface area contributed by atoms with Crippen molar-refractivity contribution in [2.75, 3.05) is 56.6 Å². The monoisotopic (exact) mass is 452 g/mol. The smallest absolute Gasteiger partial charge is 0.307 e. The van der Waals surface area contributed by atoms with Crippen molar-refractivity contribution in [1.82, 2.24) is 0 Å². The molecule has 1 atom stereocenters. The summed E-state index contributed by atoms with van der Waals surface area (Å²) in [5.41, 5.74) is 0. The normalized spacial score (nSPS) is 12.2. The van der Waals surface area contributed by atoms with E-state index in [1.165, 1.54) is 11.8 Å². The van der Waals surface area contributed by atoms with Crippen LogP contribution < -0.4 is 0 Å². The zero-order chi connectivity index (χ0) is 17.9. The first-order valence-corrected chi connectivity index (χ1v) is 15.0. The average molecular weight is 453 g/mol. The second-order valence-corrected chi connectivity index (χ2v) is 12.3. The van der Waals surface area contributed by atoms with E-state index in [-0.39, 0.29) is 11.9 Å². The molecule has 0 aliphatic heterocycles. The Balaban J connectivity index is 3.18. The van der Waals surface area contributed by atoms with Gasteiger partial charge in [-0.25, -0.2) is 0 Å². The molecule has 1 N–H and O–H groups in total. The fourth-order valence-electron chi connectivity index (χ4n) is 1.31. The minimum atomic E-state index is -0.629. The SMILES string of the molecule is CCS(=O)CCCSCSCSCCC(=O)OCSCCSCO. The lowest BCUT2D eigenvalue weighted by atomic mass is 10.5. The maximum absolute atomic E-state index is 11.5. The lowest BCUT2D eigenvalue weighted by molar-refractivity contribution is -0.140. The van der Waals surface area contributed by atoms with Crippen LogP contribution in [0.1, 0.15) is 19.8 Å². The number of rotatable bonds is 18. The highest BCUT2D eigenvalue weighted by Crippen LogP contribution is 2.19. The van der Waals surface area contributed by atoms with E-state index in [0.29, 0.717) is 12.4 Å². The van der Waals surface area contributed by atoms with E-state index < -0.39 is 10.8 Å². The van der Waals surface area contributed by atoms with E-state index >= 15 is 0 Å². The third-order valence-corrected chi connectivity index (χ3v) is 9.37. The fourth-order valence-corrected chi connectivity index (χ4v) is 7.08. The van der Waals surface area contributed by atoms with Crippen LogP contribution in [0.15, 0.2) is 0 Å². The largest absolute Gasteiger partial charge is 0.455 e. The summed E-state index contributed by atoms with van der Waals surface area (Å²) < 4.78 is 16.4. The highest BCUT2D eigenvalue weighted by atomic mass is 32.2. The molecule has 0 radical (unpaired) electrons. The number of ether oxygens (including phenoxy) is 1. The van der Waals surface area contributed by atoms with Gasteiger partial charge in [0.15, 0.2) is 0 Å². The van der Waals surface area contributed by atoms with E-state index in [9.17, 15) is 9.00 Å². The first-order chi connectivity index (χ1) is 11.7. The Bertz CT molecular complexity index is 320. The summed E-state index contributed by atoms with van der Waals surface area (Å²) in [5.74, 6) is 5.64. The standard InChI is InChI=1S/C14H28O4S6/c1-2-24(17)9-3-5-21-12-23-13-22-6-4-14(16)18-11-20-8-7-19-10-15/h15H,2-13H2,1H3. The molecule has 10 heteroatoms. The Hall–Kier alpha value is 1.33. The number of hydrogen-bond donors (Lipinski definition) is 1. The van der Waals surface area contributed by atoms with Gasteiger partial charge in [0, 0.05) is 49.7 Å². The number of carbonyl (C=O) groups is 1. The van der Waals surface area contributed by atoms with Gasteiger partial charge in [0.05, 0.1) is 12.4 Å². The van der Waals surface area contributed by atoms with Crippen molar-refractivity contribution >= 4 is 75.6 Å². The van der Waals surface area contributed by atoms with Gasteiger partial charge in [-0.1, -0.05) is 6.92 Å². The van der Waals surface area contributed by atoms with Crippen molar-refractivity contribution < 1.29 is 18.8 Å². The summed E-state index contributed by atoms with van der Waals surface area (Å²) in [4.78, 5) is 11.5. The molecule has 0 rings (SSSR count). The first-order valence-electron chi connectivity index (χ1n) is 7.70. The predicted octanol–water partition coefficient (Wildman–Crippen LogP) is 3.57. The van der Waals surface area contributed by atoms with E-state index in [2.05, 4.69) is 0 Å². The maximum Gasteiger partial charge on any atom is 0.307 e. The molecule has 0 amide bonds. The van der Waals surface area contributed by atoms with Gasteiger partial charge in [-0.05, 0) is 12.2 Å². The van der Waals surface area contributed by atoms with Crippen molar-refractivity contribution in [3.63, 3.8) is 0 Å². The Kier molecular flexibility index (Phi) is 21.8. The summed E-state index contributed by atoms with van der Waals surface area (Å²) in [6.07, 6.45) is 1.49. The zero-order valence-electron chi connectivity index (χ0n) is 14.1. The Labute approximate surface area is 170 Å². The third kappa shape index (κ3) is 19.7. The molecule has 0 saturated heterocycles. The Morgan fingerprint density at radius 3 is 2.42 bits per heavy atom. The van der Waals surface area contributed by atoms with Crippen molar-refractivity contribution in [1.29, 1.82) is 0 Å². The van der Waals surface area contributed by atoms with E-state index in [4.69, 9.17) is 9.84 Å². The first kappa shape index (κ1) is 25.3. The molecule has 24 heavy (non-hydrogen) atoms. The highest BCUT2D eigenvalue weighted by molar-refractivity contribution is 8.22. The molecule has 0 heterocycles. The molecule has 0 spiro atoms. The molecule has 0 aromatic heterocycles. The fraction of sp³-hybridized carbons (Fsp3) is 0.929. The van der Waals surface area contributed by atoms with E-state index in [1.54, 1.807) is 23.5 Å². The van der Waals surface area contributed by atoms with E-state index in [0.717, 1.165) is 51.1 Å². The van der Waals surface area contributed by atoms with Crippen LogP contribution in [-0.4, -0.2) is 71.8 Å². The molecule has 0 saturated carbocycles. The maximum atomic E-state index is 11.5. The number of aliphatic hydroxyl groups excluding tert-OH is 1. The molecule has 0 aromatic rings. The molecular formula is C14H28O4S6. The van der Waals surface area contributed by atoms with Crippen LogP contribution in [0.3, 0.4) is 0 Å². The molecule has 1 unspecified atom stereocenters. The van der Waals surface area contributed by atoms with Crippen LogP contribution in [0.4, 0.5) is 0 Å². The molecule has 0 aromatic carbocycles. The van der Waals surface area contributed by atoms with Gasteiger partial charge < -0.3 is 9.84 Å². The summed E-state index contributed by atoms with van der Waals surface area (Å²) in [7, 11) is -0.629. The van der Waals surface area contributed by atoms with Gasteiger partial charge in [0.25, 0.3) is 0 Å². The third-order valence-electron chi connectivity index (χ3n) is 2.53. The van der Waals surface area contributed by atoms with Crippen LogP contribution >= 0.6 is 58.8 Å². The molecule has 4 nitrogen and oxygen atoms in total. The summed E-state index contributed by atoms with van der Waals surface area (Å²) >= 11 is 8.57. The minimum absolute atomic E-state index is 0.131.